The normalized spacial score (nSPS) is 22.0. The van der Waals surface area contributed by atoms with Crippen molar-refractivity contribution in [1.29, 1.82) is 0 Å². The number of nitrogens with one attached hydrogen (secondary N) is 2. The molecule has 0 spiro atoms. The van der Waals surface area contributed by atoms with Gasteiger partial charge in [0.05, 0.1) is 34.8 Å². The van der Waals surface area contributed by atoms with E-state index in [2.05, 4.69) is 60.3 Å². The van der Waals surface area contributed by atoms with Crippen LogP contribution in [-0.4, -0.2) is 106 Å². The highest BCUT2D eigenvalue weighted by Gasteiger charge is 2.39. The average Bonchev–Trinajstić information content (AvgIpc) is 4.01. The minimum absolute atomic E-state index is 0.107. The number of esters is 1. The lowest BCUT2D eigenvalue weighted by Crippen LogP contribution is -2.62. The molecule has 322 valence electrons. The van der Waals surface area contributed by atoms with Gasteiger partial charge in [0.15, 0.2) is 0 Å². The molecule has 4 aromatic rings. The van der Waals surface area contributed by atoms with Crippen molar-refractivity contribution in [2.75, 3.05) is 33.9 Å². The van der Waals surface area contributed by atoms with Gasteiger partial charge in [0.2, 0.25) is 5.91 Å². The number of aromatic nitrogens is 3. The van der Waals surface area contributed by atoms with Crippen LogP contribution in [0.5, 0.6) is 0 Å². The van der Waals surface area contributed by atoms with E-state index in [0.717, 1.165) is 51.1 Å². The molecule has 6 bridgehead atoms. The molecule has 60 heavy (non-hydrogen) atoms. The molecule has 0 aliphatic carbocycles. The number of nitrogens with zero attached hydrogens (tertiary/aromatic N) is 5. The van der Waals surface area contributed by atoms with Crippen molar-refractivity contribution in [3.63, 3.8) is 0 Å². The molecule has 3 amide bonds. The summed E-state index contributed by atoms with van der Waals surface area (Å²) in [7, 11) is 3.31. The first-order valence-corrected chi connectivity index (χ1v) is 22.1. The third kappa shape index (κ3) is 8.86. The Hall–Kier alpha value is -4.70. The van der Waals surface area contributed by atoms with Gasteiger partial charge in [-0.3, -0.25) is 29.2 Å². The van der Waals surface area contributed by atoms with Gasteiger partial charge in [-0.25, -0.2) is 10.4 Å². The second-order valence-electron chi connectivity index (χ2n) is 17.4. The fraction of sp³-hybridized carbons (Fsp3) is 0.556. The van der Waals surface area contributed by atoms with Gasteiger partial charge in [-0.05, 0) is 81.7 Å². The number of aryl methyl sites for hydroxylation is 1. The number of thiazole rings is 1. The molecule has 3 aliphatic rings. The summed E-state index contributed by atoms with van der Waals surface area (Å²) in [6.07, 6.45) is 4.09. The molecule has 2 fully saturated rings. The maximum absolute atomic E-state index is 14.5. The van der Waals surface area contributed by atoms with Crippen LogP contribution < -0.4 is 10.7 Å². The number of ether oxygens (including phenoxy) is 3. The topological polar surface area (TPSA) is 157 Å². The highest BCUT2D eigenvalue weighted by Crippen LogP contribution is 2.42. The molecule has 15 heteroatoms. The molecule has 7 rings (SSSR count). The predicted octanol–water partition coefficient (Wildman–Crippen LogP) is 5.86. The molecule has 1 aromatic carbocycles. The summed E-state index contributed by atoms with van der Waals surface area (Å²) in [6, 6.07) is 7.79. The largest absolute Gasteiger partial charge is 0.464 e. The van der Waals surface area contributed by atoms with Gasteiger partial charge in [0.1, 0.15) is 24.2 Å². The number of cyclic esters (lactones) is 1. The molecular formula is C45H59N7O7S. The van der Waals surface area contributed by atoms with Crippen LogP contribution in [0.15, 0.2) is 41.9 Å². The van der Waals surface area contributed by atoms with E-state index in [1.165, 1.54) is 21.2 Å². The second kappa shape index (κ2) is 18.1. The molecule has 6 heterocycles. The van der Waals surface area contributed by atoms with E-state index in [-0.39, 0.29) is 31.0 Å². The fourth-order valence-corrected chi connectivity index (χ4v) is 9.73. The minimum Gasteiger partial charge on any atom is -0.464 e. The van der Waals surface area contributed by atoms with Gasteiger partial charge in [0.25, 0.3) is 11.8 Å². The Bertz CT molecular complexity index is 2230. The van der Waals surface area contributed by atoms with Crippen molar-refractivity contribution in [2.24, 2.45) is 11.3 Å². The SMILES string of the molecule is CCn1c(-c2cccnc2[C@H](C)OC)c2c3cc(ccc31)-c1csc(n1)C[C@H](NC(=O)C(C(C)C)N(C)C(=O)[C@H]1CCCO1)C(=O)N1CCC[C@H](N1)C(=O)OCC(C)(C)C2. The Morgan fingerprint density at radius 2 is 1.95 bits per heavy atom. The Morgan fingerprint density at radius 3 is 2.67 bits per heavy atom. The van der Waals surface area contributed by atoms with E-state index in [4.69, 9.17) is 24.2 Å². The smallest absolute Gasteiger partial charge is 0.324 e. The first-order chi connectivity index (χ1) is 28.7. The third-order valence-corrected chi connectivity index (χ3v) is 12.9. The minimum atomic E-state index is -1.04. The van der Waals surface area contributed by atoms with Crippen LogP contribution in [0, 0.1) is 11.3 Å². The summed E-state index contributed by atoms with van der Waals surface area (Å²) in [6.45, 7) is 13.8. The predicted molar refractivity (Wildman–Crippen MR) is 230 cm³/mol. The summed E-state index contributed by atoms with van der Waals surface area (Å²) >= 11 is 1.42. The van der Waals surface area contributed by atoms with E-state index in [1.54, 1.807) is 20.4 Å². The Kier molecular flexibility index (Phi) is 13.1. The lowest BCUT2D eigenvalue weighted by Gasteiger charge is -2.36. The van der Waals surface area contributed by atoms with Crippen molar-refractivity contribution < 1.29 is 33.4 Å². The molecule has 3 aromatic heterocycles. The summed E-state index contributed by atoms with van der Waals surface area (Å²) in [5, 5.41) is 8.15. The number of hydrazine groups is 1. The highest BCUT2D eigenvalue weighted by molar-refractivity contribution is 7.10. The molecule has 3 aliphatic heterocycles. The number of hydrogen-bond acceptors (Lipinski definition) is 11. The van der Waals surface area contributed by atoms with Crippen molar-refractivity contribution in [1.82, 2.24) is 35.2 Å². The van der Waals surface area contributed by atoms with Crippen LogP contribution in [0.3, 0.4) is 0 Å². The number of hydrogen-bond donors (Lipinski definition) is 2. The molecule has 2 saturated heterocycles. The number of fused-ring (bicyclic) bond motifs is 6. The number of amides is 3. The number of likely N-dealkylation sites (N-methyl/N-ethyl adjacent to an activating group) is 1. The van der Waals surface area contributed by atoms with Gasteiger partial charge in [0, 0.05) is 79.3 Å². The maximum Gasteiger partial charge on any atom is 0.324 e. The van der Waals surface area contributed by atoms with Crippen molar-refractivity contribution in [3.8, 4) is 22.5 Å². The summed E-state index contributed by atoms with van der Waals surface area (Å²) in [5.41, 5.74) is 9.37. The van der Waals surface area contributed by atoms with Gasteiger partial charge in [-0.15, -0.1) is 11.3 Å². The molecular weight excluding hydrogens is 783 g/mol. The average molecular weight is 842 g/mol. The van der Waals surface area contributed by atoms with Crippen LogP contribution in [0.4, 0.5) is 0 Å². The zero-order valence-corrected chi connectivity index (χ0v) is 36.9. The first-order valence-electron chi connectivity index (χ1n) is 21.2. The Labute approximate surface area is 356 Å². The van der Waals surface area contributed by atoms with Crippen LogP contribution in [0.25, 0.3) is 33.4 Å². The van der Waals surface area contributed by atoms with Gasteiger partial charge in [-0.1, -0.05) is 33.8 Å². The van der Waals surface area contributed by atoms with Crippen molar-refractivity contribution in [2.45, 2.75) is 117 Å². The molecule has 0 radical (unpaired) electrons. The zero-order valence-electron chi connectivity index (χ0n) is 36.1. The number of carbonyl (C=O) groups is 4. The van der Waals surface area contributed by atoms with Crippen LogP contribution in [-0.2, 0) is 52.8 Å². The lowest BCUT2D eigenvalue weighted by molar-refractivity contribution is -0.155. The monoisotopic (exact) mass is 841 g/mol. The number of benzene rings is 1. The fourth-order valence-electron chi connectivity index (χ4n) is 8.88. The van der Waals surface area contributed by atoms with Gasteiger partial charge in [-0.2, -0.15) is 0 Å². The number of pyridine rings is 1. The number of methoxy groups -OCH3 is 1. The van der Waals surface area contributed by atoms with E-state index >= 15 is 0 Å². The first kappa shape index (κ1) is 43.4. The maximum atomic E-state index is 14.5. The third-order valence-electron chi connectivity index (χ3n) is 12.0. The summed E-state index contributed by atoms with van der Waals surface area (Å²) in [4.78, 5) is 67.3. The lowest BCUT2D eigenvalue weighted by atomic mass is 9.84. The second-order valence-corrected chi connectivity index (χ2v) is 18.4. The Morgan fingerprint density at radius 1 is 1.15 bits per heavy atom. The molecule has 5 atom stereocenters. The Balaban J connectivity index is 1.30. The number of carbonyl (C=O) groups excluding carboxylic acids is 4. The summed E-state index contributed by atoms with van der Waals surface area (Å²) in [5.74, 6) is -1.79. The number of rotatable bonds is 9. The standard InChI is InChI=1S/C45H59N7O7S/c1-9-51-35-17-16-28-21-30(35)31(40(51)29-13-10-18-46-38(29)27(4)57-8)23-45(5,6)25-59-44(56)32-14-11-19-52(49-32)42(54)33(22-37-47-34(28)24-60-37)48-41(53)39(26(2)3)50(7)43(55)36-15-12-20-58-36/h10,13,16-18,21,24,26-27,32-33,36,39,49H,9,11-12,14-15,19-20,22-23,25H2,1-8H3,(H,48,53)/t27-,32-,33-,36+,39?/m0/s1. The van der Waals surface area contributed by atoms with Crippen LogP contribution in [0.1, 0.15) is 89.6 Å². The van der Waals surface area contributed by atoms with Crippen molar-refractivity contribution in [3.05, 3.63) is 58.2 Å². The van der Waals surface area contributed by atoms with E-state index in [9.17, 15) is 19.2 Å². The molecule has 2 N–H and O–H groups in total. The van der Waals surface area contributed by atoms with E-state index in [0.29, 0.717) is 50.4 Å². The van der Waals surface area contributed by atoms with E-state index < -0.39 is 47.4 Å². The van der Waals surface area contributed by atoms with Crippen LogP contribution >= 0.6 is 11.3 Å². The van der Waals surface area contributed by atoms with Gasteiger partial charge < -0.3 is 29.0 Å². The zero-order chi connectivity index (χ0) is 42.9. The highest BCUT2D eigenvalue weighted by atomic mass is 32.1. The molecule has 14 nitrogen and oxygen atoms in total. The van der Waals surface area contributed by atoms with E-state index in [1.807, 2.05) is 32.2 Å². The quantitative estimate of drug-likeness (QED) is 0.196. The molecule has 1 unspecified atom stereocenters. The van der Waals surface area contributed by atoms with Crippen molar-refractivity contribution >= 4 is 45.9 Å². The molecule has 0 saturated carbocycles. The van der Waals surface area contributed by atoms with Gasteiger partial charge >= 0.3 is 5.97 Å². The summed E-state index contributed by atoms with van der Waals surface area (Å²) < 4.78 is 19.9. The van der Waals surface area contributed by atoms with Crippen LogP contribution in [0.2, 0.25) is 0 Å².